The van der Waals surface area contributed by atoms with E-state index in [4.69, 9.17) is 4.74 Å². The van der Waals surface area contributed by atoms with E-state index in [9.17, 15) is 18.0 Å². The number of aryl methyl sites for hydroxylation is 1. The molecule has 0 aliphatic carbocycles. The second-order valence-electron chi connectivity index (χ2n) is 7.32. The van der Waals surface area contributed by atoms with E-state index in [0.717, 1.165) is 0 Å². The third-order valence-corrected chi connectivity index (χ3v) is 6.54. The molecule has 33 heavy (non-hydrogen) atoms. The van der Waals surface area contributed by atoms with E-state index in [1.54, 1.807) is 62.4 Å². The highest BCUT2D eigenvalue weighted by molar-refractivity contribution is 7.92. The van der Waals surface area contributed by atoms with Crippen LogP contribution >= 0.6 is 0 Å². The molecule has 3 aromatic rings. The Morgan fingerprint density at radius 1 is 0.879 bits per heavy atom. The van der Waals surface area contributed by atoms with Gasteiger partial charge in [-0.25, -0.2) is 8.42 Å². The maximum absolute atomic E-state index is 13.0. The molecule has 0 bridgehead atoms. The number of ether oxygens (including phenoxy) is 1. The lowest BCUT2D eigenvalue weighted by Gasteiger charge is -2.14. The zero-order chi connectivity index (χ0) is 24.2. The molecule has 0 heterocycles. The number of carbonyl (C=O) groups is 2. The van der Waals surface area contributed by atoms with Crippen LogP contribution in [0.25, 0.3) is 0 Å². The summed E-state index contributed by atoms with van der Waals surface area (Å²) in [5.74, 6) is -0.147. The van der Waals surface area contributed by atoms with Crippen molar-refractivity contribution in [2.75, 3.05) is 24.2 Å². The number of methoxy groups -OCH3 is 1. The lowest BCUT2D eigenvalue weighted by molar-refractivity contribution is 0.0960. The summed E-state index contributed by atoms with van der Waals surface area (Å²) in [6.07, 6.45) is 0. The molecular formula is C24H25N3O5S. The quantitative estimate of drug-likeness (QED) is 0.490. The van der Waals surface area contributed by atoms with Crippen LogP contribution in [-0.2, 0) is 10.0 Å². The van der Waals surface area contributed by atoms with E-state index in [0.29, 0.717) is 33.8 Å². The lowest BCUT2D eigenvalue weighted by Crippen LogP contribution is -2.21. The molecule has 8 nitrogen and oxygen atoms in total. The van der Waals surface area contributed by atoms with Crippen molar-refractivity contribution in [1.82, 2.24) is 5.32 Å². The average Bonchev–Trinajstić information content (AvgIpc) is 2.80. The standard InChI is InChI=1S/C24H25N3O5S/c1-15-8-13-19(33(30,31)27-17-9-11-18(32-4)12-10-17)14-21(15)24(29)26-22-7-5-6-20(16(22)2)23(28)25-3/h5-14,27H,1-4H3,(H,25,28)(H,26,29). The van der Waals surface area contributed by atoms with Crippen molar-refractivity contribution in [2.45, 2.75) is 18.7 Å². The van der Waals surface area contributed by atoms with Gasteiger partial charge in [-0.2, -0.15) is 0 Å². The number of hydrogen-bond donors (Lipinski definition) is 3. The highest BCUT2D eigenvalue weighted by Crippen LogP contribution is 2.24. The first-order valence-corrected chi connectivity index (χ1v) is 11.5. The number of amides is 2. The number of rotatable bonds is 7. The van der Waals surface area contributed by atoms with E-state index in [1.807, 2.05) is 0 Å². The predicted octanol–water partition coefficient (Wildman–Crippen LogP) is 3.72. The van der Waals surface area contributed by atoms with Gasteiger partial charge >= 0.3 is 0 Å². The van der Waals surface area contributed by atoms with Gasteiger partial charge in [-0.05, 0) is 73.5 Å². The minimum Gasteiger partial charge on any atom is -0.497 e. The van der Waals surface area contributed by atoms with Gasteiger partial charge < -0.3 is 15.4 Å². The molecule has 2 amide bonds. The van der Waals surface area contributed by atoms with Gasteiger partial charge in [-0.15, -0.1) is 0 Å². The second kappa shape index (κ2) is 9.74. The van der Waals surface area contributed by atoms with Crippen LogP contribution < -0.4 is 20.1 Å². The zero-order valence-electron chi connectivity index (χ0n) is 18.7. The minimum atomic E-state index is -3.93. The average molecular weight is 468 g/mol. The summed E-state index contributed by atoms with van der Waals surface area (Å²) >= 11 is 0. The Morgan fingerprint density at radius 2 is 1.58 bits per heavy atom. The molecule has 0 saturated carbocycles. The number of hydrogen-bond acceptors (Lipinski definition) is 5. The molecule has 0 aliphatic heterocycles. The Bertz CT molecular complexity index is 1300. The summed E-state index contributed by atoms with van der Waals surface area (Å²) < 4.78 is 33.4. The molecule has 172 valence electrons. The maximum atomic E-state index is 13.0. The summed E-state index contributed by atoms with van der Waals surface area (Å²) in [7, 11) is -0.880. The summed E-state index contributed by atoms with van der Waals surface area (Å²) in [6, 6.07) is 15.8. The van der Waals surface area contributed by atoms with Gasteiger partial charge in [0, 0.05) is 29.5 Å². The second-order valence-corrected chi connectivity index (χ2v) is 9.00. The molecule has 3 rings (SSSR count). The zero-order valence-corrected chi connectivity index (χ0v) is 19.5. The minimum absolute atomic E-state index is 0.0510. The molecule has 9 heteroatoms. The predicted molar refractivity (Wildman–Crippen MR) is 128 cm³/mol. The van der Waals surface area contributed by atoms with Crippen molar-refractivity contribution in [1.29, 1.82) is 0 Å². The van der Waals surface area contributed by atoms with Crippen molar-refractivity contribution in [3.05, 3.63) is 82.9 Å². The van der Waals surface area contributed by atoms with Crippen LogP contribution in [0.4, 0.5) is 11.4 Å². The first-order valence-electron chi connectivity index (χ1n) is 10.1. The van der Waals surface area contributed by atoms with Gasteiger partial charge in [0.25, 0.3) is 21.8 Å². The van der Waals surface area contributed by atoms with Gasteiger partial charge in [-0.1, -0.05) is 12.1 Å². The SMILES string of the molecule is CNC(=O)c1cccc(NC(=O)c2cc(S(=O)(=O)Nc3ccc(OC)cc3)ccc2C)c1C. The van der Waals surface area contributed by atoms with Gasteiger partial charge in [0.15, 0.2) is 0 Å². The number of sulfonamides is 1. The Labute approximate surface area is 193 Å². The summed E-state index contributed by atoms with van der Waals surface area (Å²) in [5.41, 5.74) is 2.68. The van der Waals surface area contributed by atoms with Crippen LogP contribution in [0.15, 0.2) is 65.6 Å². The molecule has 0 saturated heterocycles. The molecule has 3 N–H and O–H groups in total. The van der Waals surface area contributed by atoms with E-state index in [-0.39, 0.29) is 16.4 Å². The lowest BCUT2D eigenvalue weighted by atomic mass is 10.0. The summed E-state index contributed by atoms with van der Waals surface area (Å²) in [4.78, 5) is 25.0. The Morgan fingerprint density at radius 3 is 2.21 bits per heavy atom. The highest BCUT2D eigenvalue weighted by Gasteiger charge is 2.19. The van der Waals surface area contributed by atoms with Crippen molar-refractivity contribution >= 4 is 33.2 Å². The van der Waals surface area contributed by atoms with Crippen LogP contribution in [-0.4, -0.2) is 34.4 Å². The van der Waals surface area contributed by atoms with Gasteiger partial charge in [0.2, 0.25) is 0 Å². The first kappa shape index (κ1) is 23.8. The van der Waals surface area contributed by atoms with Crippen molar-refractivity contribution in [2.24, 2.45) is 0 Å². The van der Waals surface area contributed by atoms with Gasteiger partial charge in [0.05, 0.1) is 12.0 Å². The Balaban J connectivity index is 1.88. The van der Waals surface area contributed by atoms with Crippen LogP contribution in [0, 0.1) is 13.8 Å². The van der Waals surface area contributed by atoms with E-state index >= 15 is 0 Å². The fourth-order valence-corrected chi connectivity index (χ4v) is 4.31. The first-order chi connectivity index (χ1) is 15.7. The molecule has 0 radical (unpaired) electrons. The van der Waals surface area contributed by atoms with E-state index in [2.05, 4.69) is 15.4 Å². The Hall–Kier alpha value is -3.85. The number of carbonyl (C=O) groups excluding carboxylic acids is 2. The molecule has 0 atom stereocenters. The van der Waals surface area contributed by atoms with Crippen LogP contribution in [0.3, 0.4) is 0 Å². The van der Waals surface area contributed by atoms with E-state index < -0.39 is 15.9 Å². The van der Waals surface area contributed by atoms with Crippen molar-refractivity contribution in [3.8, 4) is 5.75 Å². The fraction of sp³-hybridized carbons (Fsp3) is 0.167. The number of nitrogens with one attached hydrogen (secondary N) is 3. The maximum Gasteiger partial charge on any atom is 0.261 e. The molecule has 0 aliphatic rings. The molecule has 0 aromatic heterocycles. The summed E-state index contributed by atoms with van der Waals surface area (Å²) in [5, 5.41) is 5.34. The van der Waals surface area contributed by atoms with Crippen LogP contribution in [0.5, 0.6) is 5.75 Å². The third-order valence-electron chi connectivity index (χ3n) is 5.16. The van der Waals surface area contributed by atoms with Gasteiger partial charge in [-0.3, -0.25) is 14.3 Å². The van der Waals surface area contributed by atoms with E-state index in [1.165, 1.54) is 26.3 Å². The third kappa shape index (κ3) is 5.32. The highest BCUT2D eigenvalue weighted by atomic mass is 32.2. The Kier molecular flexibility index (Phi) is 7.03. The normalized spacial score (nSPS) is 10.9. The summed E-state index contributed by atoms with van der Waals surface area (Å²) in [6.45, 7) is 3.45. The molecule has 0 spiro atoms. The largest absolute Gasteiger partial charge is 0.497 e. The monoisotopic (exact) mass is 467 g/mol. The number of benzene rings is 3. The van der Waals surface area contributed by atoms with Crippen molar-refractivity contribution in [3.63, 3.8) is 0 Å². The topological polar surface area (TPSA) is 114 Å². The molecule has 0 unspecified atom stereocenters. The fourth-order valence-electron chi connectivity index (χ4n) is 3.23. The molecular weight excluding hydrogens is 442 g/mol. The number of anilines is 2. The molecule has 0 fully saturated rings. The van der Waals surface area contributed by atoms with Crippen molar-refractivity contribution < 1.29 is 22.7 Å². The van der Waals surface area contributed by atoms with Gasteiger partial charge in [0.1, 0.15) is 5.75 Å². The smallest absolute Gasteiger partial charge is 0.261 e. The van der Waals surface area contributed by atoms with Crippen LogP contribution in [0.1, 0.15) is 31.8 Å². The van der Waals surface area contributed by atoms with Crippen LogP contribution in [0.2, 0.25) is 0 Å². The molecule has 3 aromatic carbocycles.